The van der Waals surface area contributed by atoms with Gasteiger partial charge in [0.15, 0.2) is 5.84 Å². The van der Waals surface area contributed by atoms with Gasteiger partial charge in [0.05, 0.1) is 28.3 Å². The van der Waals surface area contributed by atoms with Gasteiger partial charge < -0.3 is 30.7 Å². The van der Waals surface area contributed by atoms with Gasteiger partial charge in [-0.2, -0.15) is 0 Å². The van der Waals surface area contributed by atoms with E-state index in [1.54, 1.807) is 64.3 Å². The lowest BCUT2D eigenvalue weighted by molar-refractivity contribution is -0.140. The molecule has 3 aromatic carbocycles. The first kappa shape index (κ1) is 35.8. The van der Waals surface area contributed by atoms with Crippen molar-refractivity contribution < 1.29 is 37.1 Å². The van der Waals surface area contributed by atoms with E-state index < -0.39 is 39.6 Å². The molecular weight excluding hydrogens is 661 g/mol. The summed E-state index contributed by atoms with van der Waals surface area (Å²) in [6.07, 6.45) is -0.597. The van der Waals surface area contributed by atoms with Gasteiger partial charge in [-0.3, -0.25) is 4.79 Å². The lowest BCUT2D eigenvalue weighted by Crippen LogP contribution is -2.37. The number of amidine groups is 1. The Hall–Kier alpha value is -5.06. The van der Waals surface area contributed by atoms with Crippen LogP contribution >= 0.6 is 11.3 Å². The van der Waals surface area contributed by atoms with Crippen LogP contribution in [0, 0.1) is 0 Å². The Labute approximate surface area is 281 Å². The van der Waals surface area contributed by atoms with Gasteiger partial charge in [-0.25, -0.2) is 27.7 Å². The summed E-state index contributed by atoms with van der Waals surface area (Å²) in [5, 5.41) is 9.07. The molecule has 2 amide bonds. The number of ether oxygens (including phenoxy) is 2. The van der Waals surface area contributed by atoms with Gasteiger partial charge in [-0.15, -0.1) is 11.3 Å². The number of rotatable bonds is 12. The van der Waals surface area contributed by atoms with Crippen LogP contribution in [0.2, 0.25) is 0 Å². The van der Waals surface area contributed by atoms with Crippen LogP contribution < -0.4 is 25.8 Å². The molecule has 14 nitrogen and oxygen atoms in total. The van der Waals surface area contributed by atoms with E-state index in [-0.39, 0.29) is 29.4 Å². The zero-order valence-corrected chi connectivity index (χ0v) is 28.5. The number of hydrogen-bond acceptors (Lipinski definition) is 11. The zero-order chi connectivity index (χ0) is 35.1. The number of nitrogens with one attached hydrogen (secondary N) is 3. The number of nitrogens with two attached hydrogens (primary N) is 1. The molecule has 4 aromatic rings. The summed E-state index contributed by atoms with van der Waals surface area (Å²) in [5.41, 5.74) is 7.29. The minimum atomic E-state index is -4.18. The second-order valence-corrected chi connectivity index (χ2v) is 14.2. The van der Waals surface area contributed by atoms with Crippen LogP contribution in [0.1, 0.15) is 49.9 Å². The first-order chi connectivity index (χ1) is 22.6. The van der Waals surface area contributed by atoms with Crippen molar-refractivity contribution in [2.45, 2.75) is 50.7 Å². The normalized spacial score (nSPS) is 12.6. The molecule has 0 fully saturated rings. The molecule has 254 valence electrons. The van der Waals surface area contributed by atoms with E-state index in [4.69, 9.17) is 20.2 Å². The molecule has 48 heavy (non-hydrogen) atoms. The van der Waals surface area contributed by atoms with E-state index in [1.807, 2.05) is 6.07 Å². The Morgan fingerprint density at radius 2 is 1.79 bits per heavy atom. The van der Waals surface area contributed by atoms with Crippen LogP contribution in [0.5, 0.6) is 5.75 Å². The molecule has 16 heteroatoms. The summed E-state index contributed by atoms with van der Waals surface area (Å²) in [6.45, 7) is 5.90. The zero-order valence-electron chi connectivity index (χ0n) is 26.9. The van der Waals surface area contributed by atoms with Crippen molar-refractivity contribution in [3.05, 3.63) is 82.9 Å². The number of anilines is 1. The number of nitrogens with zero attached hydrogens (tertiary/aromatic N) is 2. The largest absolute Gasteiger partial charge is 0.497 e. The van der Waals surface area contributed by atoms with E-state index in [0.29, 0.717) is 27.4 Å². The average Bonchev–Trinajstić information content (AvgIpc) is 3.45. The predicted octanol–water partition coefficient (Wildman–Crippen LogP) is 4.21. The van der Waals surface area contributed by atoms with Crippen LogP contribution in [0.15, 0.2) is 76.8 Å². The van der Waals surface area contributed by atoms with Gasteiger partial charge in [0.1, 0.15) is 22.9 Å². The molecule has 1 atom stereocenters. The molecule has 0 aliphatic heterocycles. The number of oxime groups is 1. The second kappa shape index (κ2) is 15.2. The third kappa shape index (κ3) is 10.2. The van der Waals surface area contributed by atoms with Crippen LogP contribution in [0.25, 0.3) is 10.2 Å². The summed E-state index contributed by atoms with van der Waals surface area (Å²) in [4.78, 5) is 44.8. The molecule has 0 aliphatic rings. The smallest absolute Gasteiger partial charge is 0.408 e. The van der Waals surface area contributed by atoms with Gasteiger partial charge in [0, 0.05) is 18.2 Å². The fourth-order valence-corrected chi connectivity index (χ4v) is 6.67. The first-order valence-corrected chi connectivity index (χ1v) is 16.9. The fraction of sp³-hybridized carbons (Fsp3) is 0.281. The Kier molecular flexibility index (Phi) is 11.4. The molecular formula is C32H36N6O8S2. The Bertz CT molecular complexity index is 1950. The van der Waals surface area contributed by atoms with Crippen molar-refractivity contribution in [1.82, 2.24) is 15.0 Å². The third-order valence-corrected chi connectivity index (χ3v) is 8.96. The van der Waals surface area contributed by atoms with Crippen LogP contribution in [0.3, 0.4) is 0 Å². The standard InChI is InChI=1S/C32H36N6O8S2/c1-19(39)46-37-29(33)21-9-6-8-20(14-21)15-26(30-36-25-13-12-23(44-5)17-27(25)47-30)38-48(42,43)24-11-7-10-22(16-24)35-28(40)18-34-31(41)45-32(2,3)4/h6-14,16-17,26,38H,15,18H2,1-5H3,(H2,33,37)(H,34,41)(H,35,40). The number of carbonyl (C=O) groups excluding carboxylic acids is 3. The minimum absolute atomic E-state index is 0.0311. The maximum atomic E-state index is 13.8. The number of carbonyl (C=O) groups is 3. The van der Waals surface area contributed by atoms with E-state index in [0.717, 1.165) is 4.70 Å². The van der Waals surface area contributed by atoms with Crippen molar-refractivity contribution in [1.29, 1.82) is 0 Å². The van der Waals surface area contributed by atoms with Gasteiger partial charge in [-0.1, -0.05) is 29.4 Å². The Balaban J connectivity index is 1.59. The summed E-state index contributed by atoms with van der Waals surface area (Å²) in [6, 6.07) is 17.1. The monoisotopic (exact) mass is 696 g/mol. The van der Waals surface area contributed by atoms with Crippen molar-refractivity contribution in [2.75, 3.05) is 19.0 Å². The quantitative estimate of drug-likeness (QED) is 0.0720. The van der Waals surface area contributed by atoms with Crippen LogP contribution in [0.4, 0.5) is 10.5 Å². The highest BCUT2D eigenvalue weighted by Crippen LogP contribution is 2.32. The van der Waals surface area contributed by atoms with Gasteiger partial charge in [-0.05, 0) is 75.2 Å². The highest BCUT2D eigenvalue weighted by molar-refractivity contribution is 7.89. The highest BCUT2D eigenvalue weighted by Gasteiger charge is 2.26. The lowest BCUT2D eigenvalue weighted by atomic mass is 10.0. The first-order valence-electron chi connectivity index (χ1n) is 14.6. The Morgan fingerprint density at radius 1 is 1.04 bits per heavy atom. The predicted molar refractivity (Wildman–Crippen MR) is 181 cm³/mol. The number of thiazole rings is 1. The molecule has 0 radical (unpaired) electrons. The summed E-state index contributed by atoms with van der Waals surface area (Å²) in [7, 11) is -2.63. The summed E-state index contributed by atoms with van der Waals surface area (Å²) >= 11 is 1.31. The maximum Gasteiger partial charge on any atom is 0.408 e. The summed E-state index contributed by atoms with van der Waals surface area (Å²) < 4.78 is 41.6. The van der Waals surface area contributed by atoms with E-state index in [2.05, 4.69) is 25.3 Å². The minimum Gasteiger partial charge on any atom is -0.497 e. The fourth-order valence-electron chi connectivity index (χ4n) is 4.31. The molecule has 1 heterocycles. The molecule has 0 saturated carbocycles. The topological polar surface area (TPSA) is 200 Å². The molecule has 0 spiro atoms. The molecule has 1 unspecified atom stereocenters. The highest BCUT2D eigenvalue weighted by atomic mass is 32.2. The molecule has 0 aliphatic carbocycles. The number of fused-ring (bicyclic) bond motifs is 1. The summed E-state index contributed by atoms with van der Waals surface area (Å²) in [5.74, 6) is -0.610. The maximum absolute atomic E-state index is 13.8. The number of benzene rings is 3. The van der Waals surface area contributed by atoms with Gasteiger partial charge in [0.25, 0.3) is 0 Å². The Morgan fingerprint density at radius 3 is 2.50 bits per heavy atom. The number of hydrogen-bond donors (Lipinski definition) is 4. The van der Waals surface area contributed by atoms with Crippen LogP contribution in [-0.2, 0) is 35.6 Å². The van der Waals surface area contributed by atoms with E-state index >= 15 is 0 Å². The second-order valence-electron chi connectivity index (χ2n) is 11.5. The van der Waals surface area contributed by atoms with Crippen molar-refractivity contribution >= 4 is 61.1 Å². The third-order valence-electron chi connectivity index (χ3n) is 6.36. The number of aromatic nitrogens is 1. The van der Waals surface area contributed by atoms with Crippen molar-refractivity contribution in [3.63, 3.8) is 0 Å². The molecule has 4 rings (SSSR count). The van der Waals surface area contributed by atoms with Crippen molar-refractivity contribution in [3.8, 4) is 5.75 Å². The van der Waals surface area contributed by atoms with E-state index in [9.17, 15) is 22.8 Å². The molecule has 0 saturated heterocycles. The van der Waals surface area contributed by atoms with Gasteiger partial charge in [0.2, 0.25) is 15.9 Å². The average molecular weight is 697 g/mol. The van der Waals surface area contributed by atoms with Gasteiger partial charge >= 0.3 is 12.1 Å². The molecule has 1 aromatic heterocycles. The number of amides is 2. The van der Waals surface area contributed by atoms with Crippen molar-refractivity contribution in [2.24, 2.45) is 10.9 Å². The number of sulfonamides is 1. The molecule has 5 N–H and O–H groups in total. The van der Waals surface area contributed by atoms with E-state index in [1.165, 1.54) is 42.5 Å². The molecule has 0 bridgehead atoms. The SMILES string of the molecule is COc1ccc2nc(C(Cc3cccc(C(N)=NOC(C)=O)c3)NS(=O)(=O)c3cccc(NC(=O)CNC(=O)OC(C)(C)C)c3)sc2c1. The lowest BCUT2D eigenvalue weighted by Gasteiger charge is -2.19. The van der Waals surface area contributed by atoms with Crippen LogP contribution in [-0.4, -0.2) is 56.5 Å². The number of methoxy groups -OCH3 is 1. The number of alkyl carbamates (subject to hydrolysis) is 1.